The molecule has 0 aliphatic rings. The van der Waals surface area contributed by atoms with Crippen LogP contribution in [-0.4, -0.2) is 29.8 Å². The lowest BCUT2D eigenvalue weighted by atomic mass is 10.1. The number of phenols is 1. The van der Waals surface area contributed by atoms with Crippen LogP contribution in [0.15, 0.2) is 72.3 Å². The molecule has 0 aliphatic heterocycles. The fourth-order valence-corrected chi connectivity index (χ4v) is 4.31. The minimum Gasteiger partial charge on any atom is -0.508 e. The first-order chi connectivity index (χ1) is 14.8. The molecule has 2 aromatic carbocycles. The number of thioether (sulfide) groups is 1. The fourth-order valence-electron chi connectivity index (χ4n) is 3.38. The van der Waals surface area contributed by atoms with Gasteiger partial charge in [-0.2, -0.15) is 0 Å². The van der Waals surface area contributed by atoms with Gasteiger partial charge in [0, 0.05) is 30.6 Å². The highest BCUT2D eigenvalue weighted by atomic mass is 32.2. The number of hydrogen-bond acceptors (Lipinski definition) is 5. The van der Waals surface area contributed by atoms with Crippen LogP contribution in [-0.2, 0) is 31.6 Å². The quantitative estimate of drug-likeness (QED) is 0.372. The van der Waals surface area contributed by atoms with Gasteiger partial charge < -0.3 is 14.7 Å². The fraction of sp³-hybridized carbons (Fsp3) is 0.261. The van der Waals surface area contributed by atoms with Crippen molar-refractivity contribution in [2.24, 2.45) is 0 Å². The molecule has 2 heterocycles. The van der Waals surface area contributed by atoms with Gasteiger partial charge >= 0.3 is 0 Å². The van der Waals surface area contributed by atoms with Crippen molar-refractivity contribution in [2.45, 2.75) is 43.1 Å². The molecule has 0 bridgehead atoms. The average molecular weight is 420 g/mol. The number of H-pyrrole nitrogens is 1. The molecule has 6 nitrogen and oxygen atoms in total. The van der Waals surface area contributed by atoms with Crippen molar-refractivity contribution in [3.63, 3.8) is 0 Å². The lowest BCUT2D eigenvalue weighted by Crippen LogP contribution is -2.08. The summed E-state index contributed by atoms with van der Waals surface area (Å²) in [6.07, 6.45) is 7.31. The highest BCUT2D eigenvalue weighted by Gasteiger charge is 2.13. The summed E-state index contributed by atoms with van der Waals surface area (Å²) < 4.78 is 2.24. The number of aryl methyl sites for hydroxylation is 3. The third-order valence-corrected chi connectivity index (χ3v) is 5.97. The number of aromatic nitrogens is 5. The number of rotatable bonds is 10. The standard InChI is InChI=1S/C23H25N5OS/c29-21-10-4-8-19(14-21)16-30-23-27-26-22(12-11-18-6-2-1-3-7-18)28(23)13-5-9-20-15-24-17-25-20/h1-4,6-8,10,14-15,17,29H,5,9,11-13,16H2,(H,24,25). The number of imidazole rings is 1. The molecule has 0 amide bonds. The number of benzene rings is 2. The van der Waals surface area contributed by atoms with Crippen molar-refractivity contribution in [3.8, 4) is 5.75 Å². The average Bonchev–Trinajstić information content (AvgIpc) is 3.42. The predicted molar refractivity (Wildman–Crippen MR) is 118 cm³/mol. The van der Waals surface area contributed by atoms with Crippen LogP contribution in [0.5, 0.6) is 5.75 Å². The Morgan fingerprint density at radius 1 is 0.933 bits per heavy atom. The first-order valence-electron chi connectivity index (χ1n) is 10.1. The zero-order chi connectivity index (χ0) is 20.6. The number of aromatic hydroxyl groups is 1. The maximum atomic E-state index is 9.70. The van der Waals surface area contributed by atoms with Gasteiger partial charge in [0.05, 0.1) is 6.33 Å². The van der Waals surface area contributed by atoms with E-state index in [-0.39, 0.29) is 5.75 Å². The van der Waals surface area contributed by atoms with Gasteiger partial charge in [0.2, 0.25) is 0 Å². The molecular formula is C23H25N5OS. The minimum atomic E-state index is 0.290. The van der Waals surface area contributed by atoms with E-state index in [4.69, 9.17) is 0 Å². The van der Waals surface area contributed by atoms with Crippen molar-refractivity contribution in [1.82, 2.24) is 24.7 Å². The SMILES string of the molecule is Oc1cccc(CSc2nnc(CCc3ccccc3)n2CCCc2cnc[nH]2)c1. The summed E-state index contributed by atoms with van der Waals surface area (Å²) in [6.45, 7) is 0.860. The van der Waals surface area contributed by atoms with Crippen LogP contribution < -0.4 is 0 Å². The summed E-state index contributed by atoms with van der Waals surface area (Å²) in [5.41, 5.74) is 3.51. The topological polar surface area (TPSA) is 79.6 Å². The summed E-state index contributed by atoms with van der Waals surface area (Å²) in [7, 11) is 0. The Kier molecular flexibility index (Phi) is 6.82. The summed E-state index contributed by atoms with van der Waals surface area (Å²) in [5.74, 6) is 2.05. The molecule has 0 aliphatic carbocycles. The van der Waals surface area contributed by atoms with E-state index in [2.05, 4.69) is 49.0 Å². The molecule has 0 unspecified atom stereocenters. The second kappa shape index (κ2) is 10.1. The molecular weight excluding hydrogens is 394 g/mol. The smallest absolute Gasteiger partial charge is 0.191 e. The summed E-state index contributed by atoms with van der Waals surface area (Å²) in [6, 6.07) is 17.8. The Hall–Kier alpha value is -3.06. The van der Waals surface area contributed by atoms with E-state index in [1.807, 2.05) is 24.4 Å². The van der Waals surface area contributed by atoms with Crippen LogP contribution in [0.25, 0.3) is 0 Å². The highest BCUT2D eigenvalue weighted by Crippen LogP contribution is 2.24. The summed E-state index contributed by atoms with van der Waals surface area (Å²) >= 11 is 1.66. The molecule has 2 N–H and O–H groups in total. The van der Waals surface area contributed by atoms with Crippen molar-refractivity contribution < 1.29 is 5.11 Å². The first kappa shape index (κ1) is 20.2. The van der Waals surface area contributed by atoms with Gasteiger partial charge in [-0.25, -0.2) is 4.98 Å². The number of hydrogen-bond donors (Lipinski definition) is 2. The molecule has 154 valence electrons. The molecule has 0 radical (unpaired) electrons. The van der Waals surface area contributed by atoms with Gasteiger partial charge in [0.25, 0.3) is 0 Å². The van der Waals surface area contributed by atoms with Crippen LogP contribution in [0, 0.1) is 0 Å². The Bertz CT molecular complexity index is 1050. The largest absolute Gasteiger partial charge is 0.508 e. The summed E-state index contributed by atoms with van der Waals surface area (Å²) in [5, 5.41) is 19.6. The second-order valence-electron chi connectivity index (χ2n) is 7.18. The molecule has 2 aromatic heterocycles. The molecule has 4 aromatic rings. The molecule has 0 atom stereocenters. The van der Waals surface area contributed by atoms with Crippen molar-refractivity contribution in [2.75, 3.05) is 0 Å². The van der Waals surface area contributed by atoms with Crippen LogP contribution in [0.3, 0.4) is 0 Å². The van der Waals surface area contributed by atoms with Gasteiger partial charge in [0.15, 0.2) is 5.16 Å². The lowest BCUT2D eigenvalue weighted by molar-refractivity contribution is 0.475. The van der Waals surface area contributed by atoms with Gasteiger partial charge in [0.1, 0.15) is 11.6 Å². The Morgan fingerprint density at radius 3 is 2.60 bits per heavy atom. The number of aromatic amines is 1. The molecule has 0 fully saturated rings. The normalized spacial score (nSPS) is 11.1. The van der Waals surface area contributed by atoms with Crippen molar-refractivity contribution in [1.29, 1.82) is 0 Å². The maximum absolute atomic E-state index is 9.70. The highest BCUT2D eigenvalue weighted by molar-refractivity contribution is 7.98. The van der Waals surface area contributed by atoms with Crippen molar-refractivity contribution in [3.05, 3.63) is 89.8 Å². The van der Waals surface area contributed by atoms with E-state index in [0.29, 0.717) is 0 Å². The van der Waals surface area contributed by atoms with Crippen LogP contribution >= 0.6 is 11.8 Å². The Labute approximate surface area is 180 Å². The van der Waals surface area contributed by atoms with E-state index in [1.54, 1.807) is 30.2 Å². The lowest BCUT2D eigenvalue weighted by Gasteiger charge is -2.10. The van der Waals surface area contributed by atoms with E-state index in [9.17, 15) is 5.11 Å². The number of phenolic OH excluding ortho intramolecular Hbond substituents is 1. The third kappa shape index (κ3) is 5.51. The Morgan fingerprint density at radius 2 is 1.80 bits per heavy atom. The van der Waals surface area contributed by atoms with Crippen molar-refractivity contribution >= 4 is 11.8 Å². The van der Waals surface area contributed by atoms with Gasteiger partial charge in [-0.1, -0.05) is 54.2 Å². The van der Waals surface area contributed by atoms with E-state index >= 15 is 0 Å². The molecule has 0 saturated heterocycles. The third-order valence-electron chi connectivity index (χ3n) is 4.93. The molecule has 0 spiro atoms. The monoisotopic (exact) mass is 419 g/mol. The van der Waals surface area contributed by atoms with E-state index in [0.717, 1.165) is 60.2 Å². The van der Waals surface area contributed by atoms with Gasteiger partial charge in [-0.05, 0) is 42.5 Å². The maximum Gasteiger partial charge on any atom is 0.191 e. The van der Waals surface area contributed by atoms with Gasteiger partial charge in [-0.15, -0.1) is 10.2 Å². The van der Waals surface area contributed by atoms with Crippen LogP contribution in [0.2, 0.25) is 0 Å². The zero-order valence-corrected chi connectivity index (χ0v) is 17.6. The molecule has 30 heavy (non-hydrogen) atoms. The van der Waals surface area contributed by atoms with E-state index < -0.39 is 0 Å². The minimum absolute atomic E-state index is 0.290. The number of nitrogens with one attached hydrogen (secondary N) is 1. The predicted octanol–water partition coefficient (Wildman–Crippen LogP) is 4.42. The zero-order valence-electron chi connectivity index (χ0n) is 16.7. The van der Waals surface area contributed by atoms with Gasteiger partial charge in [-0.3, -0.25) is 0 Å². The summed E-state index contributed by atoms with van der Waals surface area (Å²) in [4.78, 5) is 7.26. The van der Waals surface area contributed by atoms with Crippen LogP contribution in [0.1, 0.15) is 29.1 Å². The Balaban J connectivity index is 1.45. The van der Waals surface area contributed by atoms with E-state index in [1.165, 1.54) is 5.56 Å². The molecule has 7 heteroatoms. The second-order valence-corrected chi connectivity index (χ2v) is 8.12. The molecule has 4 rings (SSSR count). The number of nitrogens with zero attached hydrogens (tertiary/aromatic N) is 4. The molecule has 0 saturated carbocycles. The van der Waals surface area contributed by atoms with Crippen LogP contribution in [0.4, 0.5) is 0 Å². The first-order valence-corrected chi connectivity index (χ1v) is 11.1.